The molecular formula is C20H16Cl2N2O3. The van der Waals surface area contributed by atoms with Gasteiger partial charge in [0.2, 0.25) is 5.91 Å². The van der Waals surface area contributed by atoms with E-state index in [0.717, 1.165) is 5.56 Å². The van der Waals surface area contributed by atoms with Gasteiger partial charge in [-0.25, -0.2) is 0 Å². The Labute approximate surface area is 166 Å². The Morgan fingerprint density at radius 3 is 2.11 bits per heavy atom. The number of carbonyl (C=O) groups is 2. The van der Waals surface area contributed by atoms with E-state index in [1.165, 1.54) is 0 Å². The van der Waals surface area contributed by atoms with Crippen LogP contribution < -0.4 is 10.6 Å². The molecule has 27 heavy (non-hydrogen) atoms. The lowest BCUT2D eigenvalue weighted by atomic mass is 10.2. The quantitative estimate of drug-likeness (QED) is 0.645. The van der Waals surface area contributed by atoms with E-state index < -0.39 is 0 Å². The van der Waals surface area contributed by atoms with Gasteiger partial charge in [0.05, 0.1) is 13.1 Å². The molecule has 138 valence electrons. The molecule has 1 heterocycles. The highest BCUT2D eigenvalue weighted by Crippen LogP contribution is 2.23. The fourth-order valence-corrected chi connectivity index (χ4v) is 2.61. The summed E-state index contributed by atoms with van der Waals surface area (Å²) in [7, 11) is 0. The van der Waals surface area contributed by atoms with Crippen molar-refractivity contribution in [3.05, 3.63) is 82.0 Å². The van der Waals surface area contributed by atoms with E-state index in [1.54, 1.807) is 42.5 Å². The molecule has 0 atom stereocenters. The fourth-order valence-electron chi connectivity index (χ4n) is 2.35. The van der Waals surface area contributed by atoms with Crippen molar-refractivity contribution >= 4 is 35.0 Å². The molecule has 0 aliphatic rings. The van der Waals surface area contributed by atoms with Crippen molar-refractivity contribution in [3.63, 3.8) is 0 Å². The topological polar surface area (TPSA) is 71.3 Å². The normalized spacial score (nSPS) is 10.4. The van der Waals surface area contributed by atoms with E-state index in [4.69, 9.17) is 27.6 Å². The molecular weight excluding hydrogens is 387 g/mol. The molecule has 5 nitrogen and oxygen atoms in total. The van der Waals surface area contributed by atoms with E-state index >= 15 is 0 Å². The van der Waals surface area contributed by atoms with Crippen molar-refractivity contribution < 1.29 is 14.0 Å². The van der Waals surface area contributed by atoms with Gasteiger partial charge in [-0.05, 0) is 60.7 Å². The Morgan fingerprint density at radius 2 is 1.44 bits per heavy atom. The van der Waals surface area contributed by atoms with Crippen LogP contribution in [0.3, 0.4) is 0 Å². The molecule has 2 amide bonds. The van der Waals surface area contributed by atoms with Gasteiger partial charge in [0.1, 0.15) is 11.5 Å². The second kappa shape index (κ2) is 8.75. The van der Waals surface area contributed by atoms with Crippen LogP contribution in [0.4, 0.5) is 0 Å². The predicted octanol–water partition coefficient (Wildman–Crippen LogP) is 4.30. The van der Waals surface area contributed by atoms with Crippen LogP contribution in [0.25, 0.3) is 11.3 Å². The summed E-state index contributed by atoms with van der Waals surface area (Å²) in [6.07, 6.45) is 0. The molecule has 0 fully saturated rings. The monoisotopic (exact) mass is 402 g/mol. The third-order valence-electron chi connectivity index (χ3n) is 3.77. The molecule has 0 saturated carbocycles. The Morgan fingerprint density at radius 1 is 0.815 bits per heavy atom. The third-order valence-corrected chi connectivity index (χ3v) is 4.27. The fraction of sp³-hybridized carbons (Fsp3) is 0.100. The van der Waals surface area contributed by atoms with Crippen LogP contribution in [-0.2, 0) is 11.3 Å². The highest BCUT2D eigenvalue weighted by molar-refractivity contribution is 6.30. The van der Waals surface area contributed by atoms with Gasteiger partial charge in [-0.3, -0.25) is 9.59 Å². The molecule has 2 aromatic carbocycles. The van der Waals surface area contributed by atoms with Crippen LogP contribution >= 0.6 is 23.2 Å². The lowest BCUT2D eigenvalue weighted by Crippen LogP contribution is -2.36. The number of nitrogens with one attached hydrogen (secondary N) is 2. The Hall–Kier alpha value is -2.76. The summed E-state index contributed by atoms with van der Waals surface area (Å²) in [4.78, 5) is 23.9. The van der Waals surface area contributed by atoms with Gasteiger partial charge < -0.3 is 15.1 Å². The minimum Gasteiger partial charge on any atom is -0.459 e. The van der Waals surface area contributed by atoms with E-state index in [0.29, 0.717) is 27.1 Å². The van der Waals surface area contributed by atoms with Crippen molar-refractivity contribution in [3.8, 4) is 11.3 Å². The maximum Gasteiger partial charge on any atom is 0.251 e. The molecule has 3 aromatic rings. The highest BCUT2D eigenvalue weighted by atomic mass is 35.5. The van der Waals surface area contributed by atoms with Gasteiger partial charge in [0.15, 0.2) is 0 Å². The number of benzene rings is 2. The summed E-state index contributed by atoms with van der Waals surface area (Å²) in [5.41, 5.74) is 1.33. The van der Waals surface area contributed by atoms with Crippen molar-refractivity contribution in [1.82, 2.24) is 10.6 Å². The minimum atomic E-state index is -0.343. The molecule has 0 aliphatic heterocycles. The molecule has 0 unspecified atom stereocenters. The summed E-state index contributed by atoms with van der Waals surface area (Å²) >= 11 is 11.7. The van der Waals surface area contributed by atoms with Crippen molar-refractivity contribution in [1.29, 1.82) is 0 Å². The first-order valence-electron chi connectivity index (χ1n) is 8.16. The third kappa shape index (κ3) is 5.36. The van der Waals surface area contributed by atoms with E-state index in [2.05, 4.69) is 10.6 Å². The standard InChI is InChI=1S/C20H16Cl2N2O3/c21-15-5-1-13(2-6-15)18-10-9-17(27-18)11-23-19(25)12-24-20(26)14-3-7-16(22)8-4-14/h1-10H,11-12H2,(H,23,25)(H,24,26). The van der Waals surface area contributed by atoms with Crippen molar-refractivity contribution in [2.75, 3.05) is 6.54 Å². The Bertz CT molecular complexity index is 935. The lowest BCUT2D eigenvalue weighted by molar-refractivity contribution is -0.120. The lowest BCUT2D eigenvalue weighted by Gasteiger charge is -2.06. The van der Waals surface area contributed by atoms with Crippen LogP contribution in [0, 0.1) is 0 Å². The Kier molecular flexibility index (Phi) is 6.16. The molecule has 3 rings (SSSR count). The second-order valence-electron chi connectivity index (χ2n) is 5.74. The van der Waals surface area contributed by atoms with Crippen LogP contribution in [0.2, 0.25) is 10.0 Å². The van der Waals surface area contributed by atoms with Crippen LogP contribution in [0.1, 0.15) is 16.1 Å². The number of hydrogen-bond acceptors (Lipinski definition) is 3. The average Bonchev–Trinajstić information content (AvgIpc) is 3.14. The molecule has 0 spiro atoms. The minimum absolute atomic E-state index is 0.133. The summed E-state index contributed by atoms with van der Waals surface area (Å²) in [5.74, 6) is 0.635. The molecule has 0 saturated heterocycles. The zero-order valence-electron chi connectivity index (χ0n) is 14.2. The summed E-state index contributed by atoms with van der Waals surface area (Å²) in [6, 6.07) is 17.3. The first-order valence-corrected chi connectivity index (χ1v) is 8.92. The van der Waals surface area contributed by atoms with Crippen molar-refractivity contribution in [2.24, 2.45) is 0 Å². The number of furan rings is 1. The zero-order valence-corrected chi connectivity index (χ0v) is 15.7. The maximum atomic E-state index is 12.0. The molecule has 0 aliphatic carbocycles. The average molecular weight is 403 g/mol. The van der Waals surface area contributed by atoms with E-state index in [1.807, 2.05) is 18.2 Å². The highest BCUT2D eigenvalue weighted by Gasteiger charge is 2.09. The SMILES string of the molecule is O=C(CNC(=O)c1ccc(Cl)cc1)NCc1ccc(-c2ccc(Cl)cc2)o1. The van der Waals surface area contributed by atoms with Crippen molar-refractivity contribution in [2.45, 2.75) is 6.54 Å². The summed E-state index contributed by atoms with van der Waals surface area (Å²) in [6.45, 7) is 0.0927. The number of hydrogen-bond donors (Lipinski definition) is 2. The number of amides is 2. The molecule has 2 N–H and O–H groups in total. The van der Waals surface area contributed by atoms with Gasteiger partial charge >= 0.3 is 0 Å². The molecule has 0 bridgehead atoms. The molecule has 1 aromatic heterocycles. The first kappa shape index (κ1) is 19.0. The van der Waals surface area contributed by atoms with Gasteiger partial charge in [-0.2, -0.15) is 0 Å². The van der Waals surface area contributed by atoms with E-state index in [9.17, 15) is 9.59 Å². The van der Waals surface area contributed by atoms with Crippen LogP contribution in [-0.4, -0.2) is 18.4 Å². The smallest absolute Gasteiger partial charge is 0.251 e. The number of rotatable bonds is 6. The molecule has 7 heteroatoms. The Balaban J connectivity index is 1.47. The molecule has 0 radical (unpaired) electrons. The largest absolute Gasteiger partial charge is 0.459 e. The van der Waals surface area contributed by atoms with Gasteiger partial charge in [0.25, 0.3) is 5.91 Å². The number of carbonyl (C=O) groups excluding carboxylic acids is 2. The van der Waals surface area contributed by atoms with Gasteiger partial charge in [0, 0.05) is 21.2 Å². The van der Waals surface area contributed by atoms with Gasteiger partial charge in [-0.1, -0.05) is 23.2 Å². The van der Waals surface area contributed by atoms with Crippen LogP contribution in [0.5, 0.6) is 0 Å². The summed E-state index contributed by atoms with van der Waals surface area (Å²) < 4.78 is 5.71. The zero-order chi connectivity index (χ0) is 19.2. The maximum absolute atomic E-state index is 12.0. The van der Waals surface area contributed by atoms with Crippen LogP contribution in [0.15, 0.2) is 65.1 Å². The number of halogens is 2. The second-order valence-corrected chi connectivity index (χ2v) is 6.61. The van der Waals surface area contributed by atoms with E-state index in [-0.39, 0.29) is 24.9 Å². The predicted molar refractivity (Wildman–Crippen MR) is 105 cm³/mol. The first-order chi connectivity index (χ1) is 13.0. The van der Waals surface area contributed by atoms with Gasteiger partial charge in [-0.15, -0.1) is 0 Å². The summed E-state index contributed by atoms with van der Waals surface area (Å²) in [5, 5.41) is 6.45.